The van der Waals surface area contributed by atoms with Gasteiger partial charge in [-0.2, -0.15) is 8.78 Å². The van der Waals surface area contributed by atoms with Gasteiger partial charge in [-0.1, -0.05) is 11.6 Å². The van der Waals surface area contributed by atoms with Gasteiger partial charge in [0.05, 0.1) is 36.1 Å². The average molecular weight is 422 g/mol. The smallest absolute Gasteiger partial charge is 0.387 e. The SMILES string of the molecule is COC(=O)c1cc(OC)c(OC(F)F)cc1NC(=O)c1cc(F)c(F)cc1Cl. The number of ether oxygens (including phenoxy) is 3. The molecule has 2 aromatic rings. The third kappa shape index (κ3) is 4.63. The van der Waals surface area contributed by atoms with Crippen LogP contribution in [0.1, 0.15) is 20.7 Å². The Morgan fingerprint density at radius 1 is 1.00 bits per heavy atom. The quantitative estimate of drug-likeness (QED) is 0.428. The molecule has 1 N–H and O–H groups in total. The lowest BCUT2D eigenvalue weighted by atomic mass is 10.1. The second-order valence-corrected chi connectivity index (χ2v) is 5.53. The van der Waals surface area contributed by atoms with Crippen LogP contribution in [0.25, 0.3) is 0 Å². The molecule has 2 rings (SSSR count). The molecule has 0 aliphatic heterocycles. The molecule has 0 saturated heterocycles. The highest BCUT2D eigenvalue weighted by molar-refractivity contribution is 6.34. The molecule has 0 spiro atoms. The molecular formula is C17H12ClF4NO5. The second kappa shape index (κ2) is 8.79. The highest BCUT2D eigenvalue weighted by atomic mass is 35.5. The van der Waals surface area contributed by atoms with Crippen LogP contribution in [0.2, 0.25) is 5.02 Å². The summed E-state index contributed by atoms with van der Waals surface area (Å²) in [6.07, 6.45) is 0. The standard InChI is InChI=1S/C17H12ClF4NO5/c1-26-13-4-8(16(25)27-2)12(6-14(13)28-17(21)22)23-15(24)7-3-10(19)11(20)5-9(7)18/h3-6,17H,1-2H3,(H,23,24). The highest BCUT2D eigenvalue weighted by Crippen LogP contribution is 2.35. The number of carbonyl (C=O) groups is 2. The number of hydrogen-bond donors (Lipinski definition) is 1. The number of hydrogen-bond acceptors (Lipinski definition) is 5. The molecular weight excluding hydrogens is 410 g/mol. The van der Waals surface area contributed by atoms with Gasteiger partial charge in [-0.25, -0.2) is 13.6 Å². The van der Waals surface area contributed by atoms with E-state index in [4.69, 9.17) is 16.3 Å². The van der Waals surface area contributed by atoms with Gasteiger partial charge in [0.15, 0.2) is 23.1 Å². The number of rotatable bonds is 6. The number of amides is 1. The third-order valence-corrected chi connectivity index (χ3v) is 3.74. The van der Waals surface area contributed by atoms with Crippen molar-refractivity contribution in [3.05, 3.63) is 52.0 Å². The molecule has 0 aliphatic rings. The van der Waals surface area contributed by atoms with Crippen molar-refractivity contribution in [1.82, 2.24) is 0 Å². The largest absolute Gasteiger partial charge is 0.493 e. The van der Waals surface area contributed by atoms with Crippen LogP contribution in [-0.2, 0) is 4.74 Å². The van der Waals surface area contributed by atoms with Gasteiger partial charge in [0.1, 0.15) is 0 Å². The lowest BCUT2D eigenvalue weighted by Crippen LogP contribution is -2.17. The van der Waals surface area contributed by atoms with Gasteiger partial charge in [-0.15, -0.1) is 0 Å². The zero-order valence-corrected chi connectivity index (χ0v) is 15.1. The summed E-state index contributed by atoms with van der Waals surface area (Å²) in [5, 5.41) is 1.79. The molecule has 28 heavy (non-hydrogen) atoms. The fourth-order valence-corrected chi connectivity index (χ4v) is 2.41. The van der Waals surface area contributed by atoms with E-state index in [1.54, 1.807) is 0 Å². The Balaban J connectivity index is 2.51. The van der Waals surface area contributed by atoms with Crippen molar-refractivity contribution in [3.63, 3.8) is 0 Å². The van der Waals surface area contributed by atoms with E-state index >= 15 is 0 Å². The molecule has 0 aromatic heterocycles. The minimum Gasteiger partial charge on any atom is -0.493 e. The molecule has 0 unspecified atom stereocenters. The fraction of sp³-hybridized carbons (Fsp3) is 0.176. The first-order valence-corrected chi connectivity index (χ1v) is 7.76. The summed E-state index contributed by atoms with van der Waals surface area (Å²) in [5.41, 5.74) is -1.04. The van der Waals surface area contributed by atoms with Crippen molar-refractivity contribution in [2.45, 2.75) is 6.61 Å². The summed E-state index contributed by atoms with van der Waals surface area (Å²) < 4.78 is 65.5. The van der Waals surface area contributed by atoms with Crippen molar-refractivity contribution in [3.8, 4) is 11.5 Å². The van der Waals surface area contributed by atoms with E-state index in [1.165, 1.54) is 0 Å². The van der Waals surface area contributed by atoms with Crippen molar-refractivity contribution >= 4 is 29.2 Å². The zero-order valence-electron chi connectivity index (χ0n) is 14.3. The molecule has 2 aromatic carbocycles. The van der Waals surface area contributed by atoms with E-state index in [9.17, 15) is 27.2 Å². The number of carbonyl (C=O) groups excluding carboxylic acids is 2. The zero-order chi connectivity index (χ0) is 21.0. The lowest BCUT2D eigenvalue weighted by Gasteiger charge is -2.16. The van der Waals surface area contributed by atoms with Gasteiger partial charge < -0.3 is 19.5 Å². The number of benzene rings is 2. The van der Waals surface area contributed by atoms with E-state index in [2.05, 4.69) is 14.8 Å². The molecule has 150 valence electrons. The summed E-state index contributed by atoms with van der Waals surface area (Å²) >= 11 is 5.74. The number of nitrogens with one attached hydrogen (secondary N) is 1. The Labute approximate surface area is 160 Å². The molecule has 11 heteroatoms. The first kappa shape index (κ1) is 21.3. The number of methoxy groups -OCH3 is 2. The predicted molar refractivity (Wildman–Crippen MR) is 90.3 cm³/mol. The summed E-state index contributed by atoms with van der Waals surface area (Å²) in [6, 6.07) is 3.03. The van der Waals surface area contributed by atoms with Gasteiger partial charge in [-0.3, -0.25) is 4.79 Å². The van der Waals surface area contributed by atoms with Gasteiger partial charge in [0.2, 0.25) is 0 Å². The van der Waals surface area contributed by atoms with Crippen LogP contribution in [0, 0.1) is 11.6 Å². The van der Waals surface area contributed by atoms with E-state index < -0.39 is 46.5 Å². The predicted octanol–water partition coefficient (Wildman–Crippen LogP) is 4.27. The van der Waals surface area contributed by atoms with Crippen LogP contribution in [-0.4, -0.2) is 32.7 Å². The molecule has 0 saturated carbocycles. The lowest BCUT2D eigenvalue weighted by molar-refractivity contribution is -0.0511. The Morgan fingerprint density at radius 3 is 2.21 bits per heavy atom. The Morgan fingerprint density at radius 2 is 1.64 bits per heavy atom. The highest BCUT2D eigenvalue weighted by Gasteiger charge is 2.23. The van der Waals surface area contributed by atoms with E-state index in [-0.39, 0.29) is 17.0 Å². The number of alkyl halides is 2. The van der Waals surface area contributed by atoms with Gasteiger partial charge >= 0.3 is 12.6 Å². The second-order valence-electron chi connectivity index (χ2n) is 5.12. The maximum atomic E-state index is 13.4. The molecule has 0 heterocycles. The van der Waals surface area contributed by atoms with Crippen LogP contribution in [0.15, 0.2) is 24.3 Å². The van der Waals surface area contributed by atoms with Gasteiger partial charge in [-0.05, 0) is 12.1 Å². The van der Waals surface area contributed by atoms with Crippen LogP contribution >= 0.6 is 11.6 Å². The maximum Gasteiger partial charge on any atom is 0.387 e. The van der Waals surface area contributed by atoms with Crippen LogP contribution in [0.4, 0.5) is 23.2 Å². The Kier molecular flexibility index (Phi) is 6.68. The number of halogens is 5. The van der Waals surface area contributed by atoms with E-state index in [1.807, 2.05) is 0 Å². The van der Waals surface area contributed by atoms with E-state index in [0.29, 0.717) is 12.1 Å². The van der Waals surface area contributed by atoms with Gasteiger partial charge in [0.25, 0.3) is 5.91 Å². The summed E-state index contributed by atoms with van der Waals surface area (Å²) in [6.45, 7) is -3.22. The molecule has 0 aliphatic carbocycles. The van der Waals surface area contributed by atoms with Crippen LogP contribution < -0.4 is 14.8 Å². The summed E-state index contributed by atoms with van der Waals surface area (Å²) in [5.74, 6) is -5.30. The maximum absolute atomic E-state index is 13.4. The normalized spacial score (nSPS) is 10.6. The molecule has 0 bridgehead atoms. The topological polar surface area (TPSA) is 73.9 Å². The molecule has 0 fully saturated rings. The molecule has 1 amide bonds. The van der Waals surface area contributed by atoms with Crippen molar-refractivity contribution in [1.29, 1.82) is 0 Å². The summed E-state index contributed by atoms with van der Waals surface area (Å²) in [7, 11) is 2.20. The minimum atomic E-state index is -3.22. The molecule has 0 radical (unpaired) electrons. The first-order chi connectivity index (χ1) is 13.2. The average Bonchev–Trinajstić information content (AvgIpc) is 2.63. The van der Waals surface area contributed by atoms with Crippen molar-refractivity contribution in [2.24, 2.45) is 0 Å². The fourth-order valence-electron chi connectivity index (χ4n) is 2.18. The first-order valence-electron chi connectivity index (χ1n) is 7.39. The number of anilines is 1. The van der Waals surface area contributed by atoms with Crippen LogP contribution in [0.3, 0.4) is 0 Å². The van der Waals surface area contributed by atoms with Crippen LogP contribution in [0.5, 0.6) is 11.5 Å². The van der Waals surface area contributed by atoms with E-state index in [0.717, 1.165) is 26.4 Å². The Bertz CT molecular complexity index is 923. The third-order valence-electron chi connectivity index (χ3n) is 3.43. The van der Waals surface area contributed by atoms with Crippen molar-refractivity contribution in [2.75, 3.05) is 19.5 Å². The summed E-state index contributed by atoms with van der Waals surface area (Å²) in [4.78, 5) is 24.4. The molecule has 6 nitrogen and oxygen atoms in total. The Hall–Kier alpha value is -3.01. The number of esters is 1. The van der Waals surface area contributed by atoms with Crippen molar-refractivity contribution < 1.29 is 41.4 Å². The minimum absolute atomic E-state index is 0.232. The monoisotopic (exact) mass is 421 g/mol. The van der Waals surface area contributed by atoms with Gasteiger partial charge in [0, 0.05) is 12.1 Å². The molecule has 0 atom stereocenters.